The fraction of sp³-hybridized carbons (Fsp3) is 1.00. The molecule has 0 aromatic rings. The largest absolute Gasteiger partial charge is 0.331 e. The van der Waals surface area contributed by atoms with Crippen LogP contribution < -0.4 is 0 Å². The summed E-state index contributed by atoms with van der Waals surface area (Å²) in [5.41, 5.74) is 0. The molecule has 0 aliphatic heterocycles. The number of unbranched alkanes of at least 4 members (excludes halogenated alkanes) is 1. The lowest BCUT2D eigenvalue weighted by Gasteiger charge is -2.23. The molecule has 0 N–H and O–H groups in total. The van der Waals surface area contributed by atoms with E-state index in [-0.39, 0.29) is 5.75 Å². The first-order valence-corrected chi connectivity index (χ1v) is 5.49. The van der Waals surface area contributed by atoms with Crippen molar-refractivity contribution in [2.24, 2.45) is 0 Å². The van der Waals surface area contributed by atoms with Gasteiger partial charge in [-0.1, -0.05) is 0 Å². The topological polar surface area (TPSA) is 34.1 Å². The van der Waals surface area contributed by atoms with Gasteiger partial charge in [-0.2, -0.15) is 8.42 Å². The smallest absolute Gasteiger partial charge is 0.302 e. The van der Waals surface area contributed by atoms with Crippen LogP contribution in [0, 0.1) is 0 Å². The van der Waals surface area contributed by atoms with Crippen LogP contribution in [0.5, 0.6) is 0 Å². The van der Waals surface area contributed by atoms with Gasteiger partial charge in [0.25, 0.3) is 0 Å². The maximum absolute atomic E-state index is 12.0. The van der Waals surface area contributed by atoms with Crippen molar-refractivity contribution in [3.63, 3.8) is 0 Å². The van der Waals surface area contributed by atoms with Crippen molar-refractivity contribution in [3.8, 4) is 0 Å². The van der Waals surface area contributed by atoms with Crippen molar-refractivity contribution in [1.29, 1.82) is 0 Å². The van der Waals surface area contributed by atoms with E-state index in [9.17, 15) is 12.3 Å². The zero-order valence-corrected chi connectivity index (χ0v) is 8.69. The predicted octanol–water partition coefficient (Wildman–Crippen LogP) is 0.772. The summed E-state index contributed by atoms with van der Waals surface area (Å²) in [7, 11) is 1.80. The van der Waals surface area contributed by atoms with Gasteiger partial charge in [-0.15, -0.1) is 3.89 Å². The molecule has 0 bridgehead atoms. The summed E-state index contributed by atoms with van der Waals surface area (Å²) in [5.74, 6) is -0.340. The van der Waals surface area contributed by atoms with Crippen LogP contribution in [0.3, 0.4) is 0 Å². The van der Waals surface area contributed by atoms with Crippen molar-refractivity contribution in [3.05, 3.63) is 0 Å². The molecular formula is C7H17FNO2S+. The van der Waals surface area contributed by atoms with Gasteiger partial charge >= 0.3 is 10.2 Å². The van der Waals surface area contributed by atoms with Gasteiger partial charge in [0.2, 0.25) is 0 Å². The summed E-state index contributed by atoms with van der Waals surface area (Å²) < 4.78 is 32.9. The summed E-state index contributed by atoms with van der Waals surface area (Å²) in [6.07, 6.45) is 1.15. The van der Waals surface area contributed by atoms with Gasteiger partial charge in [0.1, 0.15) is 0 Å². The second-order valence-electron chi connectivity index (χ2n) is 3.96. The molecule has 0 aromatic heterocycles. The molecule has 0 saturated carbocycles. The van der Waals surface area contributed by atoms with Crippen molar-refractivity contribution in [2.75, 3.05) is 33.4 Å². The Hall–Kier alpha value is -0.160. The van der Waals surface area contributed by atoms with E-state index in [1.54, 1.807) is 0 Å². The zero-order chi connectivity index (χ0) is 9.83. The van der Waals surface area contributed by atoms with Gasteiger partial charge in [-0.05, 0) is 12.8 Å². The van der Waals surface area contributed by atoms with Crippen molar-refractivity contribution >= 4 is 10.2 Å². The molecule has 3 nitrogen and oxygen atoms in total. The van der Waals surface area contributed by atoms with Gasteiger partial charge in [0.05, 0.1) is 33.4 Å². The molecule has 0 spiro atoms. The summed E-state index contributed by atoms with van der Waals surface area (Å²) in [6.45, 7) is 0.871. The first-order valence-electron chi connectivity index (χ1n) is 3.93. The van der Waals surface area contributed by atoms with E-state index in [0.717, 1.165) is 17.4 Å². The second-order valence-corrected chi connectivity index (χ2v) is 5.45. The first-order chi connectivity index (χ1) is 5.21. The molecule has 74 valence electrons. The number of halogens is 1. The van der Waals surface area contributed by atoms with Gasteiger partial charge in [0, 0.05) is 0 Å². The highest BCUT2D eigenvalue weighted by atomic mass is 32.3. The van der Waals surface area contributed by atoms with Gasteiger partial charge in [0.15, 0.2) is 0 Å². The fourth-order valence-electron chi connectivity index (χ4n) is 0.861. The quantitative estimate of drug-likeness (QED) is 0.371. The summed E-state index contributed by atoms with van der Waals surface area (Å²) in [5, 5.41) is 0. The highest BCUT2D eigenvalue weighted by molar-refractivity contribution is 7.86. The van der Waals surface area contributed by atoms with Crippen molar-refractivity contribution in [1.82, 2.24) is 0 Å². The monoisotopic (exact) mass is 198 g/mol. The molecule has 0 fully saturated rings. The third kappa shape index (κ3) is 9.84. The molecular weight excluding hydrogens is 181 g/mol. The Kier molecular flexibility index (Phi) is 4.13. The Morgan fingerprint density at radius 1 is 1.17 bits per heavy atom. The highest BCUT2D eigenvalue weighted by Crippen LogP contribution is 2.01. The Balaban J connectivity index is 3.48. The van der Waals surface area contributed by atoms with Crippen LogP contribution in [0.2, 0.25) is 0 Å². The normalized spacial score (nSPS) is 13.3. The van der Waals surface area contributed by atoms with E-state index in [1.807, 2.05) is 21.1 Å². The minimum atomic E-state index is -4.25. The lowest BCUT2D eigenvalue weighted by molar-refractivity contribution is -0.870. The van der Waals surface area contributed by atoms with Crippen LogP contribution in [0.15, 0.2) is 0 Å². The molecule has 0 rings (SSSR count). The highest BCUT2D eigenvalue weighted by Gasteiger charge is 2.09. The maximum atomic E-state index is 12.0. The minimum absolute atomic E-state index is 0.340. The van der Waals surface area contributed by atoms with E-state index >= 15 is 0 Å². The number of hydrogen-bond donors (Lipinski definition) is 0. The van der Waals surface area contributed by atoms with Crippen LogP contribution in [0.4, 0.5) is 3.89 Å². The third-order valence-corrected chi connectivity index (χ3v) is 2.24. The van der Waals surface area contributed by atoms with Crippen LogP contribution in [0.1, 0.15) is 12.8 Å². The number of rotatable bonds is 5. The first kappa shape index (κ1) is 11.8. The van der Waals surface area contributed by atoms with Gasteiger partial charge in [-0.25, -0.2) is 0 Å². The predicted molar refractivity (Wildman–Crippen MR) is 47.0 cm³/mol. The molecule has 0 unspecified atom stereocenters. The maximum Gasteiger partial charge on any atom is 0.302 e. The average molecular weight is 198 g/mol. The lowest BCUT2D eigenvalue weighted by atomic mass is 10.3. The SMILES string of the molecule is C[N+](C)(C)CCCCS(=O)(=O)F. The summed E-state index contributed by atoms with van der Waals surface area (Å²) in [4.78, 5) is 0. The Labute approximate surface area is 74.0 Å². The van der Waals surface area contributed by atoms with Crippen LogP contribution in [-0.2, 0) is 10.2 Å². The zero-order valence-electron chi connectivity index (χ0n) is 7.88. The van der Waals surface area contributed by atoms with E-state index in [1.165, 1.54) is 0 Å². The fourth-order valence-corrected chi connectivity index (χ4v) is 1.41. The molecule has 0 radical (unpaired) electrons. The van der Waals surface area contributed by atoms with Crippen LogP contribution in [-0.4, -0.2) is 46.3 Å². The standard InChI is InChI=1S/C7H17FNO2S/c1-9(2,3)6-4-5-7-12(8,10)11/h4-7H2,1-3H3/q+1. The van der Waals surface area contributed by atoms with E-state index in [4.69, 9.17) is 0 Å². The summed E-state index contributed by atoms with van der Waals surface area (Å²) in [6, 6.07) is 0. The molecule has 0 aromatic carbocycles. The number of quaternary nitrogens is 1. The molecule has 0 amide bonds. The third-order valence-electron chi connectivity index (χ3n) is 1.47. The number of hydrogen-bond acceptors (Lipinski definition) is 2. The van der Waals surface area contributed by atoms with E-state index in [0.29, 0.717) is 6.42 Å². The second kappa shape index (κ2) is 4.18. The molecule has 5 heteroatoms. The van der Waals surface area contributed by atoms with Gasteiger partial charge < -0.3 is 4.48 Å². The Bertz CT molecular complexity index is 218. The molecule has 0 saturated heterocycles. The molecule has 0 aliphatic carbocycles. The molecule has 0 atom stereocenters. The van der Waals surface area contributed by atoms with Crippen LogP contribution in [0.25, 0.3) is 0 Å². The molecule has 0 heterocycles. The molecule has 0 aliphatic rings. The van der Waals surface area contributed by atoms with E-state index in [2.05, 4.69) is 0 Å². The summed E-state index contributed by atoms with van der Waals surface area (Å²) >= 11 is 0. The Morgan fingerprint density at radius 3 is 2.00 bits per heavy atom. The van der Waals surface area contributed by atoms with Crippen molar-refractivity contribution < 1.29 is 16.8 Å². The number of nitrogens with zero attached hydrogens (tertiary/aromatic N) is 1. The average Bonchev–Trinajstić information content (AvgIpc) is 1.76. The Morgan fingerprint density at radius 2 is 1.67 bits per heavy atom. The minimum Gasteiger partial charge on any atom is -0.331 e. The van der Waals surface area contributed by atoms with Crippen LogP contribution >= 0.6 is 0 Å². The van der Waals surface area contributed by atoms with Crippen molar-refractivity contribution in [2.45, 2.75) is 12.8 Å². The van der Waals surface area contributed by atoms with Gasteiger partial charge in [-0.3, -0.25) is 0 Å². The molecule has 12 heavy (non-hydrogen) atoms. The lowest BCUT2D eigenvalue weighted by Crippen LogP contribution is -2.35. The van der Waals surface area contributed by atoms with E-state index < -0.39 is 10.2 Å².